The number of nitrogens with one attached hydrogen (secondary N) is 1. The Labute approximate surface area is 119 Å². The van der Waals surface area contributed by atoms with Crippen LogP contribution in [-0.4, -0.2) is 27.9 Å². The first-order valence-corrected chi connectivity index (χ1v) is 7.31. The van der Waals surface area contributed by atoms with Crippen LogP contribution < -0.4 is 5.32 Å². The fourth-order valence-corrected chi connectivity index (χ4v) is 2.86. The van der Waals surface area contributed by atoms with Crippen LogP contribution in [0.25, 0.3) is 0 Å². The zero-order valence-electron chi connectivity index (χ0n) is 10.6. The van der Waals surface area contributed by atoms with Crippen LogP contribution in [0, 0.1) is 5.82 Å². The van der Waals surface area contributed by atoms with Crippen molar-refractivity contribution in [2.45, 2.75) is 29.2 Å². The second kappa shape index (κ2) is 5.90. The van der Waals surface area contributed by atoms with E-state index in [0.717, 1.165) is 4.90 Å². The molecule has 1 fully saturated rings. The summed E-state index contributed by atoms with van der Waals surface area (Å²) in [6, 6.07) is 6.31. The van der Waals surface area contributed by atoms with Gasteiger partial charge in [-0.05, 0) is 24.6 Å². The number of thioether (sulfide) groups is 1. The Balaban J connectivity index is 1.60. The Hall–Kier alpha value is -1.44. The van der Waals surface area contributed by atoms with Gasteiger partial charge in [-0.2, -0.15) is 4.98 Å². The van der Waals surface area contributed by atoms with Gasteiger partial charge in [0.15, 0.2) is 5.82 Å². The second-order valence-electron chi connectivity index (χ2n) is 4.65. The van der Waals surface area contributed by atoms with Gasteiger partial charge in [-0.1, -0.05) is 11.2 Å². The Bertz CT molecular complexity index is 593. The van der Waals surface area contributed by atoms with Crippen LogP contribution in [0.3, 0.4) is 0 Å². The maximum absolute atomic E-state index is 13.0. The number of halogens is 1. The third kappa shape index (κ3) is 3.17. The molecular weight excluding hydrogens is 281 g/mol. The van der Waals surface area contributed by atoms with Crippen LogP contribution in [-0.2, 0) is 5.75 Å². The van der Waals surface area contributed by atoms with E-state index in [4.69, 9.17) is 4.52 Å². The van der Waals surface area contributed by atoms with E-state index in [1.54, 1.807) is 6.07 Å². The number of hydrogen-bond acceptors (Lipinski definition) is 6. The highest BCUT2D eigenvalue weighted by molar-refractivity contribution is 7.98. The molecule has 0 bridgehead atoms. The minimum Gasteiger partial charge on any atom is -0.392 e. The van der Waals surface area contributed by atoms with Gasteiger partial charge in [0.25, 0.3) is 0 Å². The molecule has 20 heavy (non-hydrogen) atoms. The summed E-state index contributed by atoms with van der Waals surface area (Å²) >= 11 is 1.45. The zero-order valence-corrected chi connectivity index (χ0v) is 11.4. The summed E-state index contributed by atoms with van der Waals surface area (Å²) in [6.45, 7) is 0.542. The number of aromatic nitrogens is 2. The van der Waals surface area contributed by atoms with Crippen molar-refractivity contribution < 1.29 is 14.0 Å². The molecule has 1 aliphatic rings. The van der Waals surface area contributed by atoms with Crippen molar-refractivity contribution in [3.8, 4) is 0 Å². The molecule has 0 radical (unpaired) electrons. The highest BCUT2D eigenvalue weighted by Gasteiger charge is 2.27. The molecule has 1 aliphatic heterocycles. The van der Waals surface area contributed by atoms with Crippen molar-refractivity contribution in [3.63, 3.8) is 0 Å². The average Bonchev–Trinajstić information content (AvgIpc) is 3.05. The van der Waals surface area contributed by atoms with Crippen molar-refractivity contribution in [3.05, 3.63) is 41.8 Å². The van der Waals surface area contributed by atoms with Crippen molar-refractivity contribution in [2.24, 2.45) is 0 Å². The zero-order chi connectivity index (χ0) is 13.9. The minimum atomic E-state index is -0.364. The van der Waals surface area contributed by atoms with Crippen molar-refractivity contribution in [2.75, 3.05) is 6.54 Å². The van der Waals surface area contributed by atoms with E-state index in [2.05, 4.69) is 15.5 Å². The SMILES string of the molecule is O[C@H]1CN[C@@H](c2nc(CSc3cccc(F)c3)no2)C1. The molecule has 0 saturated carbocycles. The normalized spacial score (nSPS) is 22.3. The van der Waals surface area contributed by atoms with E-state index in [1.807, 2.05) is 6.07 Å². The Morgan fingerprint density at radius 3 is 3.15 bits per heavy atom. The monoisotopic (exact) mass is 295 g/mol. The first-order valence-electron chi connectivity index (χ1n) is 6.33. The van der Waals surface area contributed by atoms with Gasteiger partial charge >= 0.3 is 0 Å². The molecule has 1 aromatic carbocycles. The summed E-state index contributed by atoms with van der Waals surface area (Å²) < 4.78 is 18.2. The molecule has 1 saturated heterocycles. The Morgan fingerprint density at radius 2 is 2.40 bits per heavy atom. The molecule has 106 valence electrons. The molecular formula is C13H14FN3O2S. The highest BCUT2D eigenvalue weighted by atomic mass is 32.2. The Kier molecular flexibility index (Phi) is 4.00. The van der Waals surface area contributed by atoms with Gasteiger partial charge < -0.3 is 14.9 Å². The predicted molar refractivity (Wildman–Crippen MR) is 71.6 cm³/mol. The van der Waals surface area contributed by atoms with Crippen LogP contribution >= 0.6 is 11.8 Å². The molecule has 5 nitrogen and oxygen atoms in total. The third-order valence-corrected chi connectivity index (χ3v) is 4.04. The molecule has 2 heterocycles. The fraction of sp³-hybridized carbons (Fsp3) is 0.385. The molecule has 2 aromatic rings. The van der Waals surface area contributed by atoms with E-state index < -0.39 is 0 Å². The van der Waals surface area contributed by atoms with Gasteiger partial charge in [0.05, 0.1) is 17.9 Å². The van der Waals surface area contributed by atoms with Crippen molar-refractivity contribution in [1.29, 1.82) is 0 Å². The van der Waals surface area contributed by atoms with Crippen LogP contribution in [0.15, 0.2) is 33.7 Å². The minimum absolute atomic E-state index is 0.0783. The smallest absolute Gasteiger partial charge is 0.243 e. The third-order valence-electron chi connectivity index (χ3n) is 3.05. The average molecular weight is 295 g/mol. The first-order chi connectivity index (χ1) is 9.70. The maximum atomic E-state index is 13.0. The van der Waals surface area contributed by atoms with Crippen LogP contribution in [0.2, 0.25) is 0 Å². The number of aliphatic hydroxyl groups is 1. The number of β-amino-alcohol motifs (C(OH)–C–C–N with tert-alkyl or cyclic N) is 1. The summed E-state index contributed by atoms with van der Waals surface area (Å²) in [6.07, 6.45) is 0.218. The van der Waals surface area contributed by atoms with E-state index in [0.29, 0.717) is 30.4 Å². The first kappa shape index (κ1) is 13.5. The van der Waals surface area contributed by atoms with E-state index in [9.17, 15) is 9.50 Å². The van der Waals surface area contributed by atoms with Gasteiger partial charge in [-0.15, -0.1) is 11.8 Å². The topological polar surface area (TPSA) is 71.2 Å². The van der Waals surface area contributed by atoms with Gasteiger partial charge in [0.2, 0.25) is 5.89 Å². The fourth-order valence-electron chi connectivity index (χ4n) is 2.08. The van der Waals surface area contributed by atoms with Crippen molar-refractivity contribution >= 4 is 11.8 Å². The number of hydrogen-bond donors (Lipinski definition) is 2. The molecule has 0 amide bonds. The molecule has 0 spiro atoms. The molecule has 0 unspecified atom stereocenters. The number of benzene rings is 1. The lowest BCUT2D eigenvalue weighted by Crippen LogP contribution is -2.15. The lowest BCUT2D eigenvalue weighted by Gasteiger charge is -2.01. The largest absolute Gasteiger partial charge is 0.392 e. The predicted octanol–water partition coefficient (Wildman–Crippen LogP) is 1.90. The standard InChI is InChI=1S/C13H14FN3O2S/c14-8-2-1-3-10(4-8)20-7-12-16-13(19-17-12)11-5-9(18)6-15-11/h1-4,9,11,15,18H,5-7H2/t9-,11-/m1/s1. The quantitative estimate of drug-likeness (QED) is 0.839. The lowest BCUT2D eigenvalue weighted by atomic mass is 10.2. The summed E-state index contributed by atoms with van der Waals surface area (Å²) in [5, 5.41) is 16.5. The Morgan fingerprint density at radius 1 is 1.50 bits per heavy atom. The van der Waals surface area contributed by atoms with E-state index in [-0.39, 0.29) is 18.0 Å². The van der Waals surface area contributed by atoms with E-state index in [1.165, 1.54) is 23.9 Å². The number of nitrogens with zero attached hydrogens (tertiary/aromatic N) is 2. The van der Waals surface area contributed by atoms with Gasteiger partial charge in [-0.25, -0.2) is 4.39 Å². The second-order valence-corrected chi connectivity index (χ2v) is 5.69. The summed E-state index contributed by atoms with van der Waals surface area (Å²) in [4.78, 5) is 5.12. The summed E-state index contributed by atoms with van der Waals surface area (Å²) in [5.41, 5.74) is 0. The highest BCUT2D eigenvalue weighted by Crippen LogP contribution is 2.25. The van der Waals surface area contributed by atoms with Gasteiger partial charge in [0, 0.05) is 11.4 Å². The number of rotatable bonds is 4. The molecule has 3 rings (SSSR count). The molecule has 2 atom stereocenters. The summed E-state index contributed by atoms with van der Waals surface area (Å²) in [7, 11) is 0. The van der Waals surface area contributed by atoms with Crippen molar-refractivity contribution in [1.82, 2.24) is 15.5 Å². The molecule has 1 aromatic heterocycles. The van der Waals surface area contributed by atoms with Crippen LogP contribution in [0.5, 0.6) is 0 Å². The van der Waals surface area contributed by atoms with E-state index >= 15 is 0 Å². The van der Waals surface area contributed by atoms with Crippen LogP contribution in [0.1, 0.15) is 24.2 Å². The summed E-state index contributed by atoms with van der Waals surface area (Å²) in [5.74, 6) is 1.32. The maximum Gasteiger partial charge on any atom is 0.243 e. The molecule has 0 aliphatic carbocycles. The van der Waals surface area contributed by atoms with Gasteiger partial charge in [-0.3, -0.25) is 0 Å². The number of aliphatic hydroxyl groups excluding tert-OH is 1. The van der Waals surface area contributed by atoms with Gasteiger partial charge in [0.1, 0.15) is 5.82 Å². The van der Waals surface area contributed by atoms with Crippen LogP contribution in [0.4, 0.5) is 4.39 Å². The molecule has 7 heteroatoms. The lowest BCUT2D eigenvalue weighted by molar-refractivity contribution is 0.191. The molecule has 2 N–H and O–H groups in total.